The summed E-state index contributed by atoms with van der Waals surface area (Å²) >= 11 is 0. The summed E-state index contributed by atoms with van der Waals surface area (Å²) in [6, 6.07) is 5.48. The highest BCUT2D eigenvalue weighted by atomic mass is 32.2. The number of nitrogens with zero attached hydrogens (tertiary/aromatic N) is 4. The van der Waals surface area contributed by atoms with Gasteiger partial charge in [0.25, 0.3) is 0 Å². The molecule has 13 heteroatoms. The summed E-state index contributed by atoms with van der Waals surface area (Å²) in [5.74, 6) is -0.119. The second kappa shape index (κ2) is 8.56. The lowest BCUT2D eigenvalue weighted by Crippen LogP contribution is -2.37. The van der Waals surface area contributed by atoms with Crippen LogP contribution in [0.2, 0.25) is 0 Å². The van der Waals surface area contributed by atoms with E-state index in [1.807, 2.05) is 19.9 Å². The van der Waals surface area contributed by atoms with Crippen molar-refractivity contribution in [3.05, 3.63) is 41.9 Å². The Hall–Kier alpha value is -2.90. The molecular weight excluding hydrogens is 458 g/mol. The Bertz CT molecular complexity index is 1300. The Labute approximate surface area is 187 Å². The molecule has 0 amide bonds. The molecular formula is C19H25N5O6S2. The van der Waals surface area contributed by atoms with Crippen molar-refractivity contribution >= 4 is 37.6 Å². The molecule has 32 heavy (non-hydrogen) atoms. The fourth-order valence-corrected chi connectivity index (χ4v) is 4.96. The number of sulfonamides is 1. The number of amidine groups is 2. The topological polar surface area (TPSA) is 145 Å². The van der Waals surface area contributed by atoms with Gasteiger partial charge in [-0.1, -0.05) is 13.0 Å². The van der Waals surface area contributed by atoms with Crippen molar-refractivity contribution in [2.75, 3.05) is 26.0 Å². The zero-order valence-electron chi connectivity index (χ0n) is 18.3. The summed E-state index contributed by atoms with van der Waals surface area (Å²) in [6.07, 6.45) is 2.10. The minimum absolute atomic E-state index is 0.0418. The third kappa shape index (κ3) is 4.49. The van der Waals surface area contributed by atoms with Gasteiger partial charge >= 0.3 is 10.2 Å². The van der Waals surface area contributed by atoms with Gasteiger partial charge in [-0.3, -0.25) is 4.99 Å². The van der Waals surface area contributed by atoms with Crippen molar-refractivity contribution in [3.63, 3.8) is 0 Å². The van der Waals surface area contributed by atoms with Gasteiger partial charge < -0.3 is 14.4 Å². The van der Waals surface area contributed by atoms with Gasteiger partial charge in [0.05, 0.1) is 12.0 Å². The lowest BCUT2D eigenvalue weighted by atomic mass is 10.1. The first-order valence-electron chi connectivity index (χ1n) is 9.61. The summed E-state index contributed by atoms with van der Waals surface area (Å²) in [5.41, 5.74) is 0.945. The number of hydrogen-bond donors (Lipinski definition) is 2. The molecule has 2 heterocycles. The average molecular weight is 484 g/mol. The van der Waals surface area contributed by atoms with E-state index in [-0.39, 0.29) is 22.3 Å². The van der Waals surface area contributed by atoms with Crippen LogP contribution in [0.15, 0.2) is 49.2 Å². The molecule has 1 aliphatic heterocycles. The highest BCUT2D eigenvalue weighted by Crippen LogP contribution is 2.35. The SMILES string of the molecule is CC[C@@H](N=C1NS(=O)(=O)N=C1N(C)c1cccc(S(=O)(=O)N(C)C)c1O)c1cc(C)co1. The molecule has 1 aromatic heterocycles. The second-order valence-corrected chi connectivity index (χ2v) is 10.8. The Morgan fingerprint density at radius 2 is 1.97 bits per heavy atom. The average Bonchev–Trinajstić information content (AvgIpc) is 3.27. The van der Waals surface area contributed by atoms with Crippen LogP contribution in [0.1, 0.15) is 30.7 Å². The predicted molar refractivity (Wildman–Crippen MR) is 121 cm³/mol. The Balaban J connectivity index is 2.07. The van der Waals surface area contributed by atoms with Gasteiger partial charge in [-0.05, 0) is 37.1 Å². The lowest BCUT2D eigenvalue weighted by molar-refractivity contribution is 0.453. The van der Waals surface area contributed by atoms with Crippen LogP contribution < -0.4 is 9.62 Å². The van der Waals surface area contributed by atoms with Crippen LogP contribution in [0.3, 0.4) is 0 Å². The first kappa shape index (κ1) is 23.8. The first-order valence-corrected chi connectivity index (χ1v) is 12.5. The number of likely N-dealkylation sites (N-methyl/N-ethyl adjacent to an activating group) is 1. The fraction of sp³-hybridized carbons (Fsp3) is 0.368. The van der Waals surface area contributed by atoms with Crippen LogP contribution >= 0.6 is 0 Å². The minimum Gasteiger partial charge on any atom is -0.504 e. The number of hydrogen-bond acceptors (Lipinski definition) is 8. The van der Waals surface area contributed by atoms with Crippen LogP contribution in [0, 0.1) is 6.92 Å². The third-order valence-electron chi connectivity index (χ3n) is 4.81. The van der Waals surface area contributed by atoms with Gasteiger partial charge in [-0.25, -0.2) is 17.4 Å². The molecule has 2 N–H and O–H groups in total. The maximum atomic E-state index is 12.5. The first-order chi connectivity index (χ1) is 14.9. The lowest BCUT2D eigenvalue weighted by Gasteiger charge is -2.22. The zero-order chi connectivity index (χ0) is 23.8. The molecule has 0 spiro atoms. The van der Waals surface area contributed by atoms with E-state index in [0.717, 1.165) is 9.87 Å². The number of furan rings is 1. The maximum absolute atomic E-state index is 12.5. The summed E-state index contributed by atoms with van der Waals surface area (Å²) in [5, 5.41) is 10.7. The molecule has 3 rings (SSSR count). The van der Waals surface area contributed by atoms with Crippen molar-refractivity contribution in [2.24, 2.45) is 9.39 Å². The van der Waals surface area contributed by atoms with Gasteiger partial charge in [0.1, 0.15) is 16.7 Å². The van der Waals surface area contributed by atoms with E-state index in [1.54, 1.807) is 6.26 Å². The number of rotatable bonds is 6. The minimum atomic E-state index is -4.07. The van der Waals surface area contributed by atoms with E-state index in [4.69, 9.17) is 4.42 Å². The van der Waals surface area contributed by atoms with E-state index in [9.17, 15) is 21.9 Å². The molecule has 0 saturated carbocycles. The zero-order valence-corrected chi connectivity index (χ0v) is 19.9. The van der Waals surface area contributed by atoms with Gasteiger partial charge in [0.2, 0.25) is 10.0 Å². The summed E-state index contributed by atoms with van der Waals surface area (Å²) in [4.78, 5) is 5.42. The summed E-state index contributed by atoms with van der Waals surface area (Å²) < 4.78 is 61.9. The number of aromatic hydroxyl groups is 1. The second-order valence-electron chi connectivity index (χ2n) is 7.39. The smallest absolute Gasteiger partial charge is 0.345 e. The predicted octanol–water partition coefficient (Wildman–Crippen LogP) is 1.78. The van der Waals surface area contributed by atoms with Crippen LogP contribution in [-0.4, -0.2) is 59.1 Å². The Morgan fingerprint density at radius 3 is 2.53 bits per heavy atom. The van der Waals surface area contributed by atoms with E-state index in [0.29, 0.717) is 12.2 Å². The largest absolute Gasteiger partial charge is 0.504 e. The number of benzene rings is 1. The molecule has 0 aliphatic carbocycles. The normalized spacial score (nSPS) is 17.9. The standard InChI is InChI=1S/C19H25N5O6S2/c1-6-13(15-10-12(2)11-30-15)20-18-19(22-32(28,29)21-18)24(5)14-8-7-9-16(17(14)25)31(26,27)23(3)4/h7-11,13,25H,6H2,1-5H3,(H,20,21)/t13-/m1/s1. The number of phenolic OH excluding ortho intramolecular Hbond substituents is 1. The van der Waals surface area contributed by atoms with Crippen LogP contribution in [0.25, 0.3) is 0 Å². The molecule has 0 unspecified atom stereocenters. The van der Waals surface area contributed by atoms with Crippen LogP contribution in [-0.2, 0) is 20.2 Å². The summed E-state index contributed by atoms with van der Waals surface area (Å²) in [6.45, 7) is 3.74. The molecule has 0 fully saturated rings. The number of nitrogens with one attached hydrogen (secondary N) is 1. The number of aryl methyl sites for hydroxylation is 1. The van der Waals surface area contributed by atoms with Crippen molar-refractivity contribution in [1.82, 2.24) is 9.03 Å². The molecule has 0 bridgehead atoms. The molecule has 0 radical (unpaired) electrons. The molecule has 1 aromatic carbocycles. The van der Waals surface area contributed by atoms with Crippen molar-refractivity contribution in [2.45, 2.75) is 31.2 Å². The molecule has 0 saturated heterocycles. The molecule has 11 nitrogen and oxygen atoms in total. The number of para-hydroxylation sites is 1. The maximum Gasteiger partial charge on any atom is 0.345 e. The van der Waals surface area contributed by atoms with Gasteiger partial charge in [0.15, 0.2) is 17.4 Å². The van der Waals surface area contributed by atoms with E-state index in [2.05, 4.69) is 14.1 Å². The van der Waals surface area contributed by atoms with Crippen molar-refractivity contribution in [3.8, 4) is 5.75 Å². The molecule has 174 valence electrons. The van der Waals surface area contributed by atoms with E-state index >= 15 is 0 Å². The van der Waals surface area contributed by atoms with Gasteiger partial charge in [-0.2, -0.15) is 8.42 Å². The number of phenols is 1. The fourth-order valence-electron chi connectivity index (χ4n) is 3.09. The Kier molecular flexibility index (Phi) is 6.36. The van der Waals surface area contributed by atoms with Crippen molar-refractivity contribution < 1.29 is 26.4 Å². The quantitative estimate of drug-likeness (QED) is 0.637. The number of anilines is 1. The highest BCUT2D eigenvalue weighted by molar-refractivity contribution is 7.89. The van der Waals surface area contributed by atoms with E-state index < -0.39 is 32.0 Å². The summed E-state index contributed by atoms with van der Waals surface area (Å²) in [7, 11) is -3.87. The van der Waals surface area contributed by atoms with Crippen LogP contribution in [0.4, 0.5) is 5.69 Å². The van der Waals surface area contributed by atoms with Gasteiger partial charge in [-0.15, -0.1) is 4.40 Å². The van der Waals surface area contributed by atoms with Crippen molar-refractivity contribution in [1.29, 1.82) is 0 Å². The highest BCUT2D eigenvalue weighted by Gasteiger charge is 2.33. The van der Waals surface area contributed by atoms with E-state index in [1.165, 1.54) is 44.2 Å². The molecule has 1 atom stereocenters. The molecule has 1 aliphatic rings. The molecule has 2 aromatic rings. The monoisotopic (exact) mass is 483 g/mol. The number of aliphatic imine (C=N–C) groups is 1. The third-order valence-corrected chi connectivity index (χ3v) is 7.52. The van der Waals surface area contributed by atoms with Crippen LogP contribution in [0.5, 0.6) is 5.75 Å². The van der Waals surface area contributed by atoms with Gasteiger partial charge in [0, 0.05) is 21.1 Å². The Morgan fingerprint density at radius 1 is 1.28 bits per heavy atom.